The molecular weight excluding hydrogens is 336 g/mol. The Labute approximate surface area is 149 Å². The van der Waals surface area contributed by atoms with Gasteiger partial charge in [0.25, 0.3) is 5.56 Å². The molecule has 2 aromatic rings. The fourth-order valence-corrected chi connectivity index (χ4v) is 2.19. The first-order valence-electron chi connectivity index (χ1n) is 7.68. The molecule has 0 aliphatic heterocycles. The van der Waals surface area contributed by atoms with Crippen LogP contribution in [0.15, 0.2) is 60.0 Å². The molecule has 0 atom stereocenters. The monoisotopic (exact) mass is 354 g/mol. The number of hydrogen-bond donors (Lipinski definition) is 3. The van der Waals surface area contributed by atoms with Crippen molar-refractivity contribution in [3.05, 3.63) is 71.2 Å². The van der Waals surface area contributed by atoms with E-state index in [-0.39, 0.29) is 30.3 Å². The second-order valence-electron chi connectivity index (χ2n) is 5.47. The molecule has 0 saturated heterocycles. The molecule has 1 aromatic carbocycles. The normalized spacial score (nSPS) is 10.0. The molecule has 0 radical (unpaired) electrons. The molecule has 8 nitrogen and oxygen atoms in total. The van der Waals surface area contributed by atoms with Crippen molar-refractivity contribution in [1.82, 2.24) is 4.57 Å². The highest BCUT2D eigenvalue weighted by Gasteiger charge is 2.07. The highest BCUT2D eigenvalue weighted by atomic mass is 16.2. The first-order chi connectivity index (χ1) is 12.4. The summed E-state index contributed by atoms with van der Waals surface area (Å²) < 4.78 is 1.12. The van der Waals surface area contributed by atoms with E-state index >= 15 is 0 Å². The standard InChI is InChI=1S/C18H18N4O4/c1-2-16(24)20-13-5-3-12(4-6-13)9-17(25)21-14-7-8-18(26)22(10-14)11-15(19)23/h2-8,10H,1,9,11H2,(H2,19,23)(H,20,24)(H,21,25). The van der Waals surface area contributed by atoms with Crippen molar-refractivity contribution in [2.75, 3.05) is 10.6 Å². The van der Waals surface area contributed by atoms with Gasteiger partial charge in [0.05, 0.1) is 12.1 Å². The zero-order valence-electron chi connectivity index (χ0n) is 13.9. The lowest BCUT2D eigenvalue weighted by molar-refractivity contribution is -0.118. The topological polar surface area (TPSA) is 123 Å². The second kappa shape index (κ2) is 8.43. The average Bonchev–Trinajstić information content (AvgIpc) is 2.59. The Morgan fingerprint density at radius 2 is 1.69 bits per heavy atom. The average molecular weight is 354 g/mol. The van der Waals surface area contributed by atoms with Crippen molar-refractivity contribution < 1.29 is 14.4 Å². The molecule has 8 heteroatoms. The van der Waals surface area contributed by atoms with Gasteiger partial charge in [-0.1, -0.05) is 18.7 Å². The van der Waals surface area contributed by atoms with Crippen LogP contribution in [0.1, 0.15) is 5.56 Å². The maximum absolute atomic E-state index is 12.1. The molecule has 0 bridgehead atoms. The fourth-order valence-electron chi connectivity index (χ4n) is 2.19. The Balaban J connectivity index is 2.00. The van der Waals surface area contributed by atoms with Crippen molar-refractivity contribution in [2.24, 2.45) is 5.73 Å². The van der Waals surface area contributed by atoms with Gasteiger partial charge in [-0.05, 0) is 29.8 Å². The molecule has 1 heterocycles. The molecule has 3 amide bonds. The van der Waals surface area contributed by atoms with Crippen LogP contribution >= 0.6 is 0 Å². The summed E-state index contributed by atoms with van der Waals surface area (Å²) in [7, 11) is 0. The summed E-state index contributed by atoms with van der Waals surface area (Å²) in [4.78, 5) is 45.9. The van der Waals surface area contributed by atoms with Crippen LogP contribution in [0, 0.1) is 0 Å². The van der Waals surface area contributed by atoms with E-state index in [4.69, 9.17) is 5.73 Å². The van der Waals surface area contributed by atoms with Crippen molar-refractivity contribution in [3.63, 3.8) is 0 Å². The van der Waals surface area contributed by atoms with E-state index in [1.165, 1.54) is 24.4 Å². The Kier molecular flexibility index (Phi) is 6.05. The molecular formula is C18H18N4O4. The Morgan fingerprint density at radius 3 is 2.31 bits per heavy atom. The maximum atomic E-state index is 12.1. The van der Waals surface area contributed by atoms with Crippen LogP contribution in [0.25, 0.3) is 0 Å². The van der Waals surface area contributed by atoms with Gasteiger partial charge >= 0.3 is 0 Å². The highest BCUT2D eigenvalue weighted by molar-refractivity contribution is 5.99. The summed E-state index contributed by atoms with van der Waals surface area (Å²) in [6.45, 7) is 3.11. The van der Waals surface area contributed by atoms with E-state index < -0.39 is 5.91 Å². The molecule has 0 aliphatic carbocycles. The third kappa shape index (κ3) is 5.45. The quantitative estimate of drug-likeness (QED) is 0.631. The van der Waals surface area contributed by atoms with Crippen LogP contribution in [0.3, 0.4) is 0 Å². The number of nitrogens with one attached hydrogen (secondary N) is 2. The summed E-state index contributed by atoms with van der Waals surface area (Å²) >= 11 is 0. The third-order valence-electron chi connectivity index (χ3n) is 3.36. The van der Waals surface area contributed by atoms with Gasteiger partial charge < -0.3 is 20.9 Å². The lowest BCUT2D eigenvalue weighted by Crippen LogP contribution is -2.27. The number of hydrogen-bond acceptors (Lipinski definition) is 4. The minimum Gasteiger partial charge on any atom is -0.368 e. The van der Waals surface area contributed by atoms with Gasteiger partial charge in [-0.15, -0.1) is 0 Å². The van der Waals surface area contributed by atoms with Crippen molar-refractivity contribution in [3.8, 4) is 0 Å². The molecule has 0 spiro atoms. The fraction of sp³-hybridized carbons (Fsp3) is 0.111. The summed E-state index contributed by atoms with van der Waals surface area (Å²) in [6, 6.07) is 9.48. The van der Waals surface area contributed by atoms with E-state index in [1.807, 2.05) is 0 Å². The zero-order chi connectivity index (χ0) is 19.1. The molecule has 4 N–H and O–H groups in total. The number of rotatable bonds is 7. The first kappa shape index (κ1) is 18.7. The largest absolute Gasteiger partial charge is 0.368 e. The number of nitrogens with zero attached hydrogens (tertiary/aromatic N) is 1. The van der Waals surface area contributed by atoms with Gasteiger partial charge in [-0.2, -0.15) is 0 Å². The van der Waals surface area contributed by atoms with E-state index in [0.29, 0.717) is 11.4 Å². The van der Waals surface area contributed by atoms with Gasteiger partial charge in [0, 0.05) is 18.0 Å². The van der Waals surface area contributed by atoms with E-state index in [9.17, 15) is 19.2 Å². The highest BCUT2D eigenvalue weighted by Crippen LogP contribution is 2.11. The number of anilines is 2. The maximum Gasteiger partial charge on any atom is 0.251 e. The number of nitrogens with two attached hydrogens (primary N) is 1. The van der Waals surface area contributed by atoms with Crippen molar-refractivity contribution in [1.29, 1.82) is 0 Å². The number of carbonyl (C=O) groups excluding carboxylic acids is 3. The predicted octanol–water partition coefficient (Wildman–Crippen LogP) is 0.639. The number of amides is 3. The summed E-state index contributed by atoms with van der Waals surface area (Å²) in [5.74, 6) is -1.27. The van der Waals surface area contributed by atoms with Crippen LogP contribution in [0.2, 0.25) is 0 Å². The summed E-state index contributed by atoms with van der Waals surface area (Å²) in [6.07, 6.45) is 2.63. The van der Waals surface area contributed by atoms with Gasteiger partial charge in [-0.3, -0.25) is 19.2 Å². The van der Waals surface area contributed by atoms with Crippen molar-refractivity contribution >= 4 is 29.1 Å². The van der Waals surface area contributed by atoms with Gasteiger partial charge in [0.1, 0.15) is 6.54 Å². The van der Waals surface area contributed by atoms with E-state index in [0.717, 1.165) is 10.1 Å². The SMILES string of the molecule is C=CC(=O)Nc1ccc(CC(=O)Nc2ccc(=O)n(CC(N)=O)c2)cc1. The Morgan fingerprint density at radius 1 is 1.04 bits per heavy atom. The zero-order valence-corrected chi connectivity index (χ0v) is 13.9. The van der Waals surface area contributed by atoms with Crippen LogP contribution in [-0.2, 0) is 27.3 Å². The van der Waals surface area contributed by atoms with E-state index in [1.54, 1.807) is 24.3 Å². The number of carbonyl (C=O) groups is 3. The molecule has 2 rings (SSSR count). The van der Waals surface area contributed by atoms with E-state index in [2.05, 4.69) is 17.2 Å². The summed E-state index contributed by atoms with van der Waals surface area (Å²) in [5.41, 5.74) is 6.41. The molecule has 0 unspecified atom stereocenters. The molecule has 26 heavy (non-hydrogen) atoms. The Hall–Kier alpha value is -3.68. The number of primary amides is 1. The van der Waals surface area contributed by atoms with Gasteiger partial charge in [0.2, 0.25) is 17.7 Å². The smallest absolute Gasteiger partial charge is 0.251 e. The Bertz CT molecular complexity index is 900. The molecule has 0 fully saturated rings. The second-order valence-corrected chi connectivity index (χ2v) is 5.47. The van der Waals surface area contributed by atoms with Crippen molar-refractivity contribution in [2.45, 2.75) is 13.0 Å². The summed E-state index contributed by atoms with van der Waals surface area (Å²) in [5, 5.41) is 5.26. The molecule has 1 aromatic heterocycles. The molecule has 0 aliphatic rings. The van der Waals surface area contributed by atoms with Crippen LogP contribution in [0.4, 0.5) is 11.4 Å². The van der Waals surface area contributed by atoms with Crippen LogP contribution < -0.4 is 21.9 Å². The lowest BCUT2D eigenvalue weighted by atomic mass is 10.1. The van der Waals surface area contributed by atoms with Gasteiger partial charge in [-0.25, -0.2) is 0 Å². The van der Waals surface area contributed by atoms with Gasteiger partial charge in [0.15, 0.2) is 0 Å². The van der Waals surface area contributed by atoms with Crippen LogP contribution in [-0.4, -0.2) is 22.3 Å². The first-order valence-corrected chi connectivity index (χ1v) is 7.68. The number of aromatic nitrogens is 1. The lowest BCUT2D eigenvalue weighted by Gasteiger charge is -2.09. The molecule has 0 saturated carbocycles. The van der Waals surface area contributed by atoms with Crippen LogP contribution in [0.5, 0.6) is 0 Å². The molecule has 134 valence electrons. The minimum absolute atomic E-state index is 0.102. The third-order valence-corrected chi connectivity index (χ3v) is 3.36. The number of benzene rings is 1. The number of pyridine rings is 1. The predicted molar refractivity (Wildman–Crippen MR) is 97.5 cm³/mol. The minimum atomic E-state index is -0.654.